The molecule has 20 heavy (non-hydrogen) atoms. The fourth-order valence-corrected chi connectivity index (χ4v) is 2.99. The molecule has 0 amide bonds. The molecule has 118 valence electrons. The van der Waals surface area contributed by atoms with E-state index in [9.17, 15) is 4.79 Å². The molecule has 2 nitrogen and oxygen atoms in total. The van der Waals surface area contributed by atoms with E-state index >= 15 is 0 Å². The summed E-state index contributed by atoms with van der Waals surface area (Å²) in [5.74, 6) is 0.0426. The maximum absolute atomic E-state index is 11.9. The Hall–Kier alpha value is -0.530. The number of rotatable bonds is 3. The van der Waals surface area contributed by atoms with Crippen molar-refractivity contribution < 1.29 is 9.53 Å². The minimum atomic E-state index is 0.0426. The van der Waals surface area contributed by atoms with Crippen LogP contribution in [0.1, 0.15) is 103 Å². The number of carbonyl (C=O) groups excluding carboxylic acids is 1. The molecule has 0 aromatic rings. The van der Waals surface area contributed by atoms with Crippen LogP contribution >= 0.6 is 0 Å². The molecule has 1 unspecified atom stereocenters. The average molecular weight is 282 g/mol. The standard InChI is InChI=1S/C18H34O2/c1-2-3-14-17-15-12-10-8-6-4-5-7-9-11-13-16-18(19)20-17/h17H,2-16H2,1H3. The van der Waals surface area contributed by atoms with Crippen LogP contribution in [-0.4, -0.2) is 12.1 Å². The summed E-state index contributed by atoms with van der Waals surface area (Å²) in [5, 5.41) is 0. The Kier molecular flexibility index (Phi) is 10.7. The van der Waals surface area contributed by atoms with Gasteiger partial charge in [-0.3, -0.25) is 4.79 Å². The largest absolute Gasteiger partial charge is 0.462 e. The molecule has 1 atom stereocenters. The maximum atomic E-state index is 11.9. The first-order valence-electron chi connectivity index (χ1n) is 9.02. The van der Waals surface area contributed by atoms with E-state index in [4.69, 9.17) is 4.74 Å². The smallest absolute Gasteiger partial charge is 0.306 e. The normalized spacial score (nSPS) is 24.4. The lowest BCUT2D eigenvalue weighted by molar-refractivity contribution is -0.150. The van der Waals surface area contributed by atoms with Gasteiger partial charge in [0, 0.05) is 6.42 Å². The van der Waals surface area contributed by atoms with Crippen molar-refractivity contribution in [3.63, 3.8) is 0 Å². The molecule has 0 bridgehead atoms. The van der Waals surface area contributed by atoms with Gasteiger partial charge < -0.3 is 4.74 Å². The zero-order chi connectivity index (χ0) is 14.5. The molecular weight excluding hydrogens is 248 g/mol. The van der Waals surface area contributed by atoms with Crippen molar-refractivity contribution >= 4 is 5.97 Å². The summed E-state index contributed by atoms with van der Waals surface area (Å²) in [5.41, 5.74) is 0. The molecule has 0 N–H and O–H groups in total. The summed E-state index contributed by atoms with van der Waals surface area (Å²) in [6.45, 7) is 2.20. The van der Waals surface area contributed by atoms with Crippen molar-refractivity contribution in [2.24, 2.45) is 0 Å². The molecule has 0 aliphatic carbocycles. The Balaban J connectivity index is 2.34. The van der Waals surface area contributed by atoms with E-state index in [1.165, 1.54) is 70.6 Å². The molecule has 1 aliphatic rings. The highest BCUT2D eigenvalue weighted by molar-refractivity contribution is 5.69. The Morgan fingerprint density at radius 1 is 0.900 bits per heavy atom. The number of hydrogen-bond acceptors (Lipinski definition) is 2. The molecule has 0 radical (unpaired) electrons. The zero-order valence-electron chi connectivity index (χ0n) is 13.5. The van der Waals surface area contributed by atoms with Crippen molar-refractivity contribution in [1.29, 1.82) is 0 Å². The molecule has 0 aromatic carbocycles. The number of hydrogen-bond donors (Lipinski definition) is 0. The molecule has 0 saturated carbocycles. The Morgan fingerprint density at radius 2 is 1.45 bits per heavy atom. The van der Waals surface area contributed by atoms with E-state index in [2.05, 4.69) is 6.92 Å². The third kappa shape index (κ3) is 9.39. The predicted molar refractivity (Wildman–Crippen MR) is 84.8 cm³/mol. The summed E-state index contributed by atoms with van der Waals surface area (Å²) in [4.78, 5) is 11.9. The second-order valence-electron chi connectivity index (χ2n) is 6.33. The Labute approximate surface area is 125 Å². The van der Waals surface area contributed by atoms with Gasteiger partial charge in [-0.2, -0.15) is 0 Å². The van der Waals surface area contributed by atoms with Crippen molar-refractivity contribution in [1.82, 2.24) is 0 Å². The van der Waals surface area contributed by atoms with Crippen LogP contribution < -0.4 is 0 Å². The lowest BCUT2D eigenvalue weighted by atomic mass is 10.0. The van der Waals surface area contributed by atoms with Crippen LogP contribution in [0.5, 0.6) is 0 Å². The van der Waals surface area contributed by atoms with Gasteiger partial charge in [-0.1, -0.05) is 71.1 Å². The molecule has 0 aromatic heterocycles. The SMILES string of the molecule is CCCCC1CCCCCCCCCCCCC(=O)O1. The summed E-state index contributed by atoms with van der Waals surface area (Å²) in [6, 6.07) is 0. The van der Waals surface area contributed by atoms with Gasteiger partial charge in [0.15, 0.2) is 0 Å². The second-order valence-corrected chi connectivity index (χ2v) is 6.33. The molecular formula is C18H34O2. The number of carbonyl (C=O) groups is 1. The third-order valence-electron chi connectivity index (χ3n) is 4.33. The molecule has 1 saturated heterocycles. The van der Waals surface area contributed by atoms with Gasteiger partial charge in [-0.25, -0.2) is 0 Å². The summed E-state index contributed by atoms with van der Waals surface area (Å²) < 4.78 is 5.69. The van der Waals surface area contributed by atoms with Crippen molar-refractivity contribution in [2.45, 2.75) is 109 Å². The highest BCUT2D eigenvalue weighted by atomic mass is 16.5. The van der Waals surface area contributed by atoms with Crippen LogP contribution in [0.4, 0.5) is 0 Å². The van der Waals surface area contributed by atoms with Crippen LogP contribution in [0.3, 0.4) is 0 Å². The molecule has 1 fully saturated rings. The van der Waals surface area contributed by atoms with E-state index in [1.54, 1.807) is 0 Å². The Bertz CT molecular complexity index is 238. The first-order chi connectivity index (χ1) is 9.83. The minimum Gasteiger partial charge on any atom is -0.462 e. The van der Waals surface area contributed by atoms with E-state index in [1.807, 2.05) is 0 Å². The summed E-state index contributed by atoms with van der Waals surface area (Å²) in [7, 11) is 0. The number of cyclic esters (lactones) is 1. The van der Waals surface area contributed by atoms with Crippen molar-refractivity contribution in [2.75, 3.05) is 0 Å². The average Bonchev–Trinajstić information content (AvgIpc) is 2.45. The van der Waals surface area contributed by atoms with Crippen molar-refractivity contribution in [3.8, 4) is 0 Å². The molecule has 1 rings (SSSR count). The lowest BCUT2D eigenvalue weighted by Crippen LogP contribution is -2.18. The summed E-state index contributed by atoms with van der Waals surface area (Å²) >= 11 is 0. The highest BCUT2D eigenvalue weighted by Gasteiger charge is 2.13. The predicted octanol–water partition coefficient (Wildman–Crippen LogP) is 5.78. The molecule has 1 aliphatic heterocycles. The number of unbranched alkanes of at least 4 members (excludes halogenated alkanes) is 1. The van der Waals surface area contributed by atoms with Gasteiger partial charge in [-0.05, 0) is 25.7 Å². The van der Waals surface area contributed by atoms with Gasteiger partial charge in [0.05, 0.1) is 0 Å². The van der Waals surface area contributed by atoms with Gasteiger partial charge >= 0.3 is 5.97 Å². The zero-order valence-corrected chi connectivity index (χ0v) is 13.5. The number of esters is 1. The molecule has 0 spiro atoms. The van der Waals surface area contributed by atoms with Crippen LogP contribution in [0.15, 0.2) is 0 Å². The first-order valence-corrected chi connectivity index (χ1v) is 9.02. The van der Waals surface area contributed by atoms with E-state index in [0.717, 1.165) is 19.3 Å². The van der Waals surface area contributed by atoms with E-state index < -0.39 is 0 Å². The van der Waals surface area contributed by atoms with Gasteiger partial charge in [0.2, 0.25) is 0 Å². The monoisotopic (exact) mass is 282 g/mol. The highest BCUT2D eigenvalue weighted by Crippen LogP contribution is 2.18. The molecule has 2 heteroatoms. The van der Waals surface area contributed by atoms with Gasteiger partial charge in [0.1, 0.15) is 6.10 Å². The van der Waals surface area contributed by atoms with E-state index in [0.29, 0.717) is 6.42 Å². The van der Waals surface area contributed by atoms with Crippen molar-refractivity contribution in [3.05, 3.63) is 0 Å². The second kappa shape index (κ2) is 12.2. The third-order valence-corrected chi connectivity index (χ3v) is 4.33. The van der Waals surface area contributed by atoms with Gasteiger partial charge in [0.25, 0.3) is 0 Å². The Morgan fingerprint density at radius 3 is 2.05 bits per heavy atom. The lowest BCUT2D eigenvalue weighted by Gasteiger charge is -2.17. The fourth-order valence-electron chi connectivity index (χ4n) is 2.99. The fraction of sp³-hybridized carbons (Fsp3) is 0.944. The topological polar surface area (TPSA) is 26.3 Å². The minimum absolute atomic E-state index is 0.0426. The van der Waals surface area contributed by atoms with Gasteiger partial charge in [-0.15, -0.1) is 0 Å². The maximum Gasteiger partial charge on any atom is 0.306 e. The van der Waals surface area contributed by atoms with Crippen LogP contribution in [0, 0.1) is 0 Å². The number of ether oxygens (including phenoxy) is 1. The summed E-state index contributed by atoms with van der Waals surface area (Å²) in [6.07, 6.45) is 18.2. The van der Waals surface area contributed by atoms with Crippen LogP contribution in [0.2, 0.25) is 0 Å². The molecule has 1 heterocycles. The quantitative estimate of drug-likeness (QED) is 0.613. The van der Waals surface area contributed by atoms with E-state index in [-0.39, 0.29) is 12.1 Å². The van der Waals surface area contributed by atoms with Crippen LogP contribution in [0.25, 0.3) is 0 Å². The van der Waals surface area contributed by atoms with Crippen LogP contribution in [-0.2, 0) is 9.53 Å². The first kappa shape index (κ1) is 17.5.